The molecule has 0 radical (unpaired) electrons. The van der Waals surface area contributed by atoms with Gasteiger partial charge in [-0.1, -0.05) is 12.1 Å². The van der Waals surface area contributed by atoms with Gasteiger partial charge >= 0.3 is 0 Å². The van der Waals surface area contributed by atoms with Crippen molar-refractivity contribution in [3.8, 4) is 0 Å². The van der Waals surface area contributed by atoms with Crippen LogP contribution in [0.3, 0.4) is 0 Å². The number of carbonyl (C=O) groups excluding carboxylic acids is 3. The van der Waals surface area contributed by atoms with Crippen LogP contribution in [0.5, 0.6) is 0 Å². The smallest absolute Gasteiger partial charge is 0.255 e. The molecule has 3 aliphatic heterocycles. The van der Waals surface area contributed by atoms with Gasteiger partial charge in [0.1, 0.15) is 6.04 Å². The van der Waals surface area contributed by atoms with Crippen LogP contribution < -0.4 is 11.1 Å². The number of fused-ring (bicyclic) bond motifs is 1. The largest absolute Gasteiger partial charge is 0.376 e. The van der Waals surface area contributed by atoms with Gasteiger partial charge in [-0.3, -0.25) is 24.6 Å². The number of rotatable bonds is 6. The summed E-state index contributed by atoms with van der Waals surface area (Å²) in [6.45, 7) is 3.41. The van der Waals surface area contributed by atoms with Gasteiger partial charge in [0.05, 0.1) is 5.60 Å². The van der Waals surface area contributed by atoms with Crippen molar-refractivity contribution in [1.29, 1.82) is 0 Å². The maximum absolute atomic E-state index is 12.9. The van der Waals surface area contributed by atoms with E-state index in [0.717, 1.165) is 37.2 Å². The lowest BCUT2D eigenvalue weighted by atomic mass is 9.89. The number of amides is 3. The van der Waals surface area contributed by atoms with Crippen molar-refractivity contribution in [3.05, 3.63) is 34.9 Å². The van der Waals surface area contributed by atoms with Gasteiger partial charge < -0.3 is 15.4 Å². The Morgan fingerprint density at radius 1 is 1.29 bits per heavy atom. The van der Waals surface area contributed by atoms with Crippen LogP contribution in [0.4, 0.5) is 0 Å². The van der Waals surface area contributed by atoms with E-state index < -0.39 is 6.04 Å². The molecule has 3 heterocycles. The number of hydrogen-bond acceptors (Lipinski definition) is 6. The molecular formula is C20H26N4O4. The van der Waals surface area contributed by atoms with Crippen LogP contribution in [0.25, 0.3) is 0 Å². The fraction of sp³-hybridized carbons (Fsp3) is 0.550. The predicted molar refractivity (Wildman–Crippen MR) is 101 cm³/mol. The number of ether oxygens (including phenoxy) is 1. The quantitative estimate of drug-likeness (QED) is 0.667. The van der Waals surface area contributed by atoms with Crippen LogP contribution in [0.1, 0.15) is 40.7 Å². The second-order valence-corrected chi connectivity index (χ2v) is 7.96. The van der Waals surface area contributed by atoms with E-state index in [1.807, 2.05) is 18.2 Å². The number of carbonyl (C=O) groups is 3. The summed E-state index contributed by atoms with van der Waals surface area (Å²) in [5.74, 6) is -0.789. The molecule has 1 atom stereocenters. The van der Waals surface area contributed by atoms with Crippen molar-refractivity contribution < 1.29 is 19.1 Å². The van der Waals surface area contributed by atoms with Crippen LogP contribution in [0, 0.1) is 0 Å². The fourth-order valence-electron chi connectivity index (χ4n) is 4.49. The number of benzene rings is 1. The maximum Gasteiger partial charge on any atom is 0.255 e. The summed E-state index contributed by atoms with van der Waals surface area (Å²) >= 11 is 0. The Morgan fingerprint density at radius 3 is 2.75 bits per heavy atom. The predicted octanol–water partition coefficient (Wildman–Crippen LogP) is -0.00280. The van der Waals surface area contributed by atoms with E-state index in [0.29, 0.717) is 25.1 Å². The molecule has 0 aliphatic carbocycles. The van der Waals surface area contributed by atoms with Crippen LogP contribution in [-0.4, -0.2) is 65.9 Å². The summed E-state index contributed by atoms with van der Waals surface area (Å²) < 4.78 is 5.63. The minimum Gasteiger partial charge on any atom is -0.376 e. The molecule has 1 aromatic rings. The molecule has 3 N–H and O–H groups in total. The van der Waals surface area contributed by atoms with Crippen molar-refractivity contribution in [2.45, 2.75) is 44.0 Å². The Hall–Kier alpha value is -2.29. The molecule has 1 unspecified atom stereocenters. The van der Waals surface area contributed by atoms with Crippen molar-refractivity contribution in [3.63, 3.8) is 0 Å². The number of nitrogens with zero attached hydrogens (tertiary/aromatic N) is 2. The van der Waals surface area contributed by atoms with E-state index in [9.17, 15) is 14.4 Å². The molecule has 4 rings (SSSR count). The molecular weight excluding hydrogens is 360 g/mol. The van der Waals surface area contributed by atoms with Gasteiger partial charge in [0.15, 0.2) is 0 Å². The highest BCUT2D eigenvalue weighted by Gasteiger charge is 2.43. The molecule has 1 aromatic carbocycles. The second-order valence-electron chi connectivity index (χ2n) is 7.96. The molecule has 2 fully saturated rings. The Kier molecular flexibility index (Phi) is 4.95. The van der Waals surface area contributed by atoms with Crippen LogP contribution in [0.15, 0.2) is 18.2 Å². The van der Waals surface area contributed by atoms with Gasteiger partial charge in [0.2, 0.25) is 11.8 Å². The third-order valence-electron chi connectivity index (χ3n) is 6.06. The summed E-state index contributed by atoms with van der Waals surface area (Å²) in [4.78, 5) is 40.3. The first-order valence-corrected chi connectivity index (χ1v) is 9.69. The van der Waals surface area contributed by atoms with Gasteiger partial charge in [-0.15, -0.1) is 0 Å². The topological polar surface area (TPSA) is 105 Å². The first-order chi connectivity index (χ1) is 13.4. The molecule has 3 aliphatic rings. The highest BCUT2D eigenvalue weighted by atomic mass is 16.5. The van der Waals surface area contributed by atoms with Crippen molar-refractivity contribution in [2.75, 3.05) is 26.7 Å². The lowest BCUT2D eigenvalue weighted by molar-refractivity contribution is -0.136. The van der Waals surface area contributed by atoms with E-state index in [-0.39, 0.29) is 29.7 Å². The van der Waals surface area contributed by atoms with E-state index in [1.54, 1.807) is 12.0 Å². The van der Waals surface area contributed by atoms with Gasteiger partial charge in [-0.2, -0.15) is 0 Å². The highest BCUT2D eigenvalue weighted by Crippen LogP contribution is 2.31. The van der Waals surface area contributed by atoms with Crippen LogP contribution >= 0.6 is 0 Å². The van der Waals surface area contributed by atoms with E-state index in [2.05, 4.69) is 10.2 Å². The molecule has 0 spiro atoms. The lowest BCUT2D eigenvalue weighted by Gasteiger charge is -2.49. The SMILES string of the molecule is COC1(CCN)CN(Cc2ccc3c(c2)C(=O)N(C2CCC(=O)NC2=O)C3)C1. The van der Waals surface area contributed by atoms with Gasteiger partial charge in [0, 0.05) is 45.3 Å². The maximum atomic E-state index is 12.9. The molecule has 150 valence electrons. The third kappa shape index (κ3) is 3.32. The molecule has 0 bridgehead atoms. The summed E-state index contributed by atoms with van der Waals surface area (Å²) in [7, 11) is 1.73. The third-order valence-corrected chi connectivity index (χ3v) is 6.06. The highest BCUT2D eigenvalue weighted by molar-refractivity contribution is 6.05. The minimum absolute atomic E-state index is 0.135. The molecule has 3 amide bonds. The number of likely N-dealkylation sites (tertiary alicyclic amines) is 1. The summed E-state index contributed by atoms with van der Waals surface area (Å²) in [5, 5.41) is 2.33. The van der Waals surface area contributed by atoms with Crippen molar-refractivity contribution in [1.82, 2.24) is 15.1 Å². The Balaban J connectivity index is 1.42. The monoisotopic (exact) mass is 386 g/mol. The zero-order chi connectivity index (χ0) is 19.9. The molecule has 8 heteroatoms. The van der Waals surface area contributed by atoms with E-state index in [1.165, 1.54) is 0 Å². The molecule has 0 saturated carbocycles. The number of hydrogen-bond donors (Lipinski definition) is 2. The van der Waals surface area contributed by atoms with E-state index in [4.69, 9.17) is 10.5 Å². The van der Waals surface area contributed by atoms with Gasteiger partial charge in [0.25, 0.3) is 5.91 Å². The zero-order valence-electron chi connectivity index (χ0n) is 16.1. The molecule has 0 aromatic heterocycles. The summed E-state index contributed by atoms with van der Waals surface area (Å²) in [6.07, 6.45) is 1.48. The average molecular weight is 386 g/mol. The number of methoxy groups -OCH3 is 1. The fourth-order valence-corrected chi connectivity index (χ4v) is 4.49. The Labute approximate surface area is 164 Å². The van der Waals surface area contributed by atoms with Crippen molar-refractivity contribution in [2.24, 2.45) is 5.73 Å². The number of nitrogens with two attached hydrogens (primary N) is 1. The summed E-state index contributed by atoms with van der Waals surface area (Å²) in [6, 6.07) is 5.36. The van der Waals surface area contributed by atoms with Crippen molar-refractivity contribution >= 4 is 17.7 Å². The first-order valence-electron chi connectivity index (χ1n) is 9.69. The number of piperidine rings is 1. The molecule has 8 nitrogen and oxygen atoms in total. The minimum atomic E-state index is -0.574. The van der Waals surface area contributed by atoms with E-state index >= 15 is 0 Å². The number of nitrogens with one attached hydrogen (secondary N) is 1. The first kappa shape index (κ1) is 19.0. The van der Waals surface area contributed by atoms with Gasteiger partial charge in [-0.05, 0) is 36.6 Å². The zero-order valence-corrected chi connectivity index (χ0v) is 16.1. The lowest BCUT2D eigenvalue weighted by Crippen LogP contribution is -2.62. The molecule has 2 saturated heterocycles. The Bertz CT molecular complexity index is 818. The Morgan fingerprint density at radius 2 is 2.07 bits per heavy atom. The summed E-state index contributed by atoms with van der Waals surface area (Å²) in [5.41, 5.74) is 8.18. The normalized spacial score (nSPS) is 24.1. The second kappa shape index (κ2) is 7.27. The average Bonchev–Trinajstić information content (AvgIpc) is 2.96. The standard InChI is InChI=1S/C20H26N4O4/c1-28-20(6-7-21)11-23(12-20)9-13-2-3-14-10-24(19(27)15(14)8-13)16-4-5-17(25)22-18(16)26/h2-3,8,16H,4-7,9-12,21H2,1H3,(H,22,25,26). The number of imide groups is 1. The van der Waals surface area contributed by atoms with Crippen LogP contribution in [-0.2, 0) is 27.4 Å². The molecule has 28 heavy (non-hydrogen) atoms. The van der Waals surface area contributed by atoms with Crippen LogP contribution in [0.2, 0.25) is 0 Å². The van der Waals surface area contributed by atoms with Gasteiger partial charge in [-0.25, -0.2) is 0 Å².